The Kier molecular flexibility index (Phi) is 6.74. The Bertz CT molecular complexity index is 820. The molecule has 0 spiro atoms. The van der Waals surface area contributed by atoms with E-state index < -0.39 is 0 Å². The van der Waals surface area contributed by atoms with E-state index in [9.17, 15) is 4.79 Å². The van der Waals surface area contributed by atoms with Crippen LogP contribution in [0.1, 0.15) is 43.5 Å². The predicted octanol–water partition coefficient (Wildman–Crippen LogP) is 1.87. The zero-order valence-electron chi connectivity index (χ0n) is 17.9. The number of rotatable bonds is 9. The zero-order chi connectivity index (χ0) is 20.8. The number of carbonyl (C=O) groups excluding carboxylic acids is 1. The lowest BCUT2D eigenvalue weighted by Gasteiger charge is -2.37. The van der Waals surface area contributed by atoms with E-state index in [1.165, 1.54) is 18.4 Å². The molecule has 0 radical (unpaired) electrons. The van der Waals surface area contributed by atoms with Gasteiger partial charge in [0.05, 0.1) is 13.2 Å². The third-order valence-corrected chi connectivity index (χ3v) is 6.47. The maximum Gasteiger partial charge on any atom is 0.222 e. The Morgan fingerprint density at radius 2 is 1.97 bits per heavy atom. The Morgan fingerprint density at radius 3 is 2.73 bits per heavy atom. The van der Waals surface area contributed by atoms with Crippen LogP contribution in [0.5, 0.6) is 0 Å². The highest BCUT2D eigenvalue weighted by molar-refractivity contribution is 5.76. The molecule has 1 amide bonds. The molecule has 0 N–H and O–H groups in total. The molecule has 2 saturated heterocycles. The van der Waals surface area contributed by atoms with Gasteiger partial charge >= 0.3 is 0 Å². The maximum absolute atomic E-state index is 13.0. The molecule has 2 aliphatic heterocycles. The van der Waals surface area contributed by atoms with Crippen LogP contribution in [0, 0.1) is 0 Å². The second kappa shape index (κ2) is 9.66. The number of carbonyl (C=O) groups is 1. The number of hydrogen-bond donors (Lipinski definition) is 0. The topological polar surface area (TPSA) is 76.4 Å². The van der Waals surface area contributed by atoms with Crippen LogP contribution in [0.15, 0.2) is 30.3 Å². The van der Waals surface area contributed by atoms with Crippen molar-refractivity contribution in [3.05, 3.63) is 41.7 Å². The summed E-state index contributed by atoms with van der Waals surface area (Å²) in [5, 5.41) is 12.6. The van der Waals surface area contributed by atoms with Crippen molar-refractivity contribution in [3.63, 3.8) is 0 Å². The van der Waals surface area contributed by atoms with Crippen LogP contribution in [-0.4, -0.2) is 75.8 Å². The van der Waals surface area contributed by atoms with Gasteiger partial charge < -0.3 is 9.64 Å². The summed E-state index contributed by atoms with van der Waals surface area (Å²) in [5.74, 6) is 1.11. The van der Waals surface area contributed by atoms with Gasteiger partial charge in [-0.15, -0.1) is 5.10 Å². The summed E-state index contributed by atoms with van der Waals surface area (Å²) in [6.45, 7) is 4.69. The van der Waals surface area contributed by atoms with Crippen molar-refractivity contribution in [1.29, 1.82) is 0 Å². The Balaban J connectivity index is 1.44. The molecule has 2 fully saturated rings. The first-order chi connectivity index (χ1) is 14.7. The van der Waals surface area contributed by atoms with E-state index in [1.807, 2.05) is 15.6 Å². The zero-order valence-corrected chi connectivity index (χ0v) is 17.9. The summed E-state index contributed by atoms with van der Waals surface area (Å²) in [5.41, 5.74) is 0.999. The molecule has 1 unspecified atom stereocenters. The quantitative estimate of drug-likeness (QED) is 0.626. The van der Waals surface area contributed by atoms with E-state index in [0.717, 1.165) is 44.7 Å². The van der Waals surface area contributed by atoms with Crippen LogP contribution in [0.2, 0.25) is 0 Å². The number of ether oxygens (including phenoxy) is 1. The normalized spacial score (nSPS) is 22.1. The second-order valence-corrected chi connectivity index (χ2v) is 8.35. The molecular weight excluding hydrogens is 380 g/mol. The van der Waals surface area contributed by atoms with E-state index in [4.69, 9.17) is 4.74 Å². The van der Waals surface area contributed by atoms with Crippen LogP contribution in [0.4, 0.5) is 0 Å². The largest absolute Gasteiger partial charge is 0.383 e. The van der Waals surface area contributed by atoms with Gasteiger partial charge in [-0.25, -0.2) is 4.68 Å². The Labute approximate surface area is 178 Å². The fraction of sp³-hybridized carbons (Fsp3) is 0.636. The van der Waals surface area contributed by atoms with E-state index in [0.29, 0.717) is 26.1 Å². The summed E-state index contributed by atoms with van der Waals surface area (Å²) >= 11 is 0. The van der Waals surface area contributed by atoms with Crippen LogP contribution in [0.3, 0.4) is 0 Å². The number of tetrazole rings is 1. The number of hydrogen-bond acceptors (Lipinski definition) is 6. The van der Waals surface area contributed by atoms with E-state index in [-0.39, 0.29) is 11.4 Å². The van der Waals surface area contributed by atoms with Crippen molar-refractivity contribution in [2.75, 3.05) is 39.9 Å². The SMILES string of the molecule is COCCn1nnnc1C1(N2CCCC2)CCN(C(=O)CCCc2ccccc2)C1. The highest BCUT2D eigenvalue weighted by Crippen LogP contribution is 2.39. The molecule has 2 aromatic rings. The average molecular weight is 413 g/mol. The summed E-state index contributed by atoms with van der Waals surface area (Å²) in [4.78, 5) is 17.5. The standard InChI is InChI=1S/C22H32N6O2/c1-30-17-16-28-21(23-24-25-28)22(27-13-5-6-14-27)12-15-26(18-22)20(29)11-7-10-19-8-3-2-4-9-19/h2-4,8-9H,5-7,10-18H2,1H3. The van der Waals surface area contributed by atoms with Crippen LogP contribution >= 0.6 is 0 Å². The first-order valence-corrected chi connectivity index (χ1v) is 11.1. The van der Waals surface area contributed by atoms with Crippen molar-refractivity contribution in [2.45, 2.75) is 50.6 Å². The molecule has 0 bridgehead atoms. The van der Waals surface area contributed by atoms with Gasteiger partial charge in [-0.05, 0) is 61.2 Å². The molecule has 30 heavy (non-hydrogen) atoms. The van der Waals surface area contributed by atoms with Crippen molar-refractivity contribution in [3.8, 4) is 0 Å². The van der Waals surface area contributed by atoms with Gasteiger partial charge in [-0.2, -0.15) is 0 Å². The first kappa shape index (κ1) is 20.9. The molecule has 3 heterocycles. The third kappa shape index (κ3) is 4.39. The monoisotopic (exact) mass is 412 g/mol. The maximum atomic E-state index is 13.0. The number of benzene rings is 1. The molecule has 0 saturated carbocycles. The van der Waals surface area contributed by atoms with Gasteiger partial charge in [0, 0.05) is 26.6 Å². The Hall–Kier alpha value is -2.32. The molecule has 1 aromatic heterocycles. The summed E-state index contributed by atoms with van der Waals surface area (Å²) < 4.78 is 7.10. The minimum atomic E-state index is -0.289. The molecule has 8 heteroatoms. The molecule has 4 rings (SSSR count). The average Bonchev–Trinajstić information content (AvgIpc) is 3.53. The number of aryl methyl sites for hydroxylation is 1. The molecule has 0 aliphatic carbocycles. The summed E-state index contributed by atoms with van der Waals surface area (Å²) in [7, 11) is 1.69. The van der Waals surface area contributed by atoms with Crippen molar-refractivity contribution < 1.29 is 9.53 Å². The van der Waals surface area contributed by atoms with Gasteiger partial charge in [0.1, 0.15) is 5.54 Å². The van der Waals surface area contributed by atoms with Gasteiger partial charge in [-0.3, -0.25) is 9.69 Å². The Morgan fingerprint density at radius 1 is 1.17 bits per heavy atom. The first-order valence-electron chi connectivity index (χ1n) is 11.1. The van der Waals surface area contributed by atoms with E-state index in [2.05, 4.69) is 44.7 Å². The van der Waals surface area contributed by atoms with Gasteiger partial charge in [0.2, 0.25) is 5.91 Å². The van der Waals surface area contributed by atoms with Crippen molar-refractivity contribution in [2.24, 2.45) is 0 Å². The third-order valence-electron chi connectivity index (χ3n) is 6.47. The number of likely N-dealkylation sites (tertiary alicyclic amines) is 2. The lowest BCUT2D eigenvalue weighted by Crippen LogP contribution is -2.49. The highest BCUT2D eigenvalue weighted by atomic mass is 16.5. The number of nitrogens with zero attached hydrogens (tertiary/aromatic N) is 6. The minimum Gasteiger partial charge on any atom is -0.383 e. The van der Waals surface area contributed by atoms with Crippen LogP contribution in [-0.2, 0) is 28.0 Å². The molecule has 1 aromatic carbocycles. The van der Waals surface area contributed by atoms with E-state index in [1.54, 1.807) is 7.11 Å². The number of aromatic nitrogens is 4. The van der Waals surface area contributed by atoms with Crippen molar-refractivity contribution in [1.82, 2.24) is 30.0 Å². The van der Waals surface area contributed by atoms with E-state index >= 15 is 0 Å². The van der Waals surface area contributed by atoms with Crippen LogP contribution in [0.25, 0.3) is 0 Å². The minimum absolute atomic E-state index is 0.239. The molecule has 1 atom stereocenters. The van der Waals surface area contributed by atoms with Gasteiger partial charge in [0.25, 0.3) is 0 Å². The number of methoxy groups -OCH3 is 1. The summed E-state index contributed by atoms with van der Waals surface area (Å²) in [6, 6.07) is 10.4. The fourth-order valence-corrected chi connectivity index (χ4v) is 4.85. The lowest BCUT2D eigenvalue weighted by atomic mass is 9.95. The number of amides is 1. The van der Waals surface area contributed by atoms with Crippen molar-refractivity contribution >= 4 is 5.91 Å². The van der Waals surface area contributed by atoms with Crippen LogP contribution < -0.4 is 0 Å². The predicted molar refractivity (Wildman–Crippen MR) is 113 cm³/mol. The highest BCUT2D eigenvalue weighted by Gasteiger charge is 2.49. The molecular formula is C22H32N6O2. The summed E-state index contributed by atoms with van der Waals surface area (Å²) in [6.07, 6.45) is 5.65. The lowest BCUT2D eigenvalue weighted by molar-refractivity contribution is -0.130. The van der Waals surface area contributed by atoms with Gasteiger partial charge in [-0.1, -0.05) is 30.3 Å². The molecule has 162 valence electrons. The fourth-order valence-electron chi connectivity index (χ4n) is 4.85. The van der Waals surface area contributed by atoms with Gasteiger partial charge in [0.15, 0.2) is 5.82 Å². The molecule has 8 nitrogen and oxygen atoms in total. The molecule has 2 aliphatic rings. The second-order valence-electron chi connectivity index (χ2n) is 8.35. The smallest absolute Gasteiger partial charge is 0.222 e.